The number of benzene rings is 3. The lowest BCUT2D eigenvalue weighted by molar-refractivity contribution is 1.01. The molecule has 0 aliphatic heterocycles. The van der Waals surface area contributed by atoms with Crippen molar-refractivity contribution in [3.8, 4) is 11.1 Å². The van der Waals surface area contributed by atoms with Crippen LogP contribution in [-0.4, -0.2) is 9.61 Å². The van der Waals surface area contributed by atoms with Crippen LogP contribution in [0.15, 0.2) is 72.9 Å². The van der Waals surface area contributed by atoms with Gasteiger partial charge in [0.1, 0.15) is 0 Å². The minimum atomic E-state index is 1.15. The Hall–Kier alpha value is -3.13. The van der Waals surface area contributed by atoms with Crippen LogP contribution in [0.5, 0.6) is 0 Å². The molecule has 0 spiro atoms. The highest BCUT2D eigenvalue weighted by molar-refractivity contribution is 6.13. The maximum atomic E-state index is 4.52. The van der Waals surface area contributed by atoms with E-state index in [4.69, 9.17) is 0 Å². The Morgan fingerprint density at radius 2 is 1.40 bits per heavy atom. The molecule has 2 heteroatoms. The fourth-order valence-corrected chi connectivity index (χ4v) is 4.00. The monoisotopic (exact) mass is 322 g/mol. The van der Waals surface area contributed by atoms with Gasteiger partial charge in [-0.15, -0.1) is 0 Å². The number of pyridine rings is 1. The Morgan fingerprint density at radius 3 is 2.24 bits per heavy atom. The van der Waals surface area contributed by atoms with E-state index < -0.39 is 0 Å². The number of nitrogens with zero attached hydrogens (tertiary/aromatic N) is 2. The van der Waals surface area contributed by atoms with E-state index in [9.17, 15) is 0 Å². The van der Waals surface area contributed by atoms with Crippen molar-refractivity contribution in [2.45, 2.75) is 13.8 Å². The predicted octanol–water partition coefficient (Wildman–Crippen LogP) is 5.92. The lowest BCUT2D eigenvalue weighted by atomic mass is 9.93. The molecule has 0 aliphatic rings. The van der Waals surface area contributed by atoms with Gasteiger partial charge in [-0.25, -0.2) is 4.52 Å². The number of hydrogen-bond acceptors (Lipinski definition) is 1. The summed E-state index contributed by atoms with van der Waals surface area (Å²) in [5.41, 5.74) is 7.54. The summed E-state index contributed by atoms with van der Waals surface area (Å²) in [6, 6.07) is 23.9. The first-order chi connectivity index (χ1) is 12.2. The van der Waals surface area contributed by atoms with Crippen molar-refractivity contribution in [1.82, 2.24) is 9.61 Å². The van der Waals surface area contributed by atoms with E-state index in [2.05, 4.69) is 85.7 Å². The number of hydrogen-bond donors (Lipinski definition) is 0. The summed E-state index contributed by atoms with van der Waals surface area (Å²) < 4.78 is 2.04. The molecular formula is C23H18N2. The summed E-state index contributed by atoms with van der Waals surface area (Å²) in [7, 11) is 0. The van der Waals surface area contributed by atoms with Crippen molar-refractivity contribution in [1.29, 1.82) is 0 Å². The predicted molar refractivity (Wildman–Crippen MR) is 105 cm³/mol. The third-order valence-corrected chi connectivity index (χ3v) is 5.13. The van der Waals surface area contributed by atoms with Gasteiger partial charge >= 0.3 is 0 Å². The molecule has 120 valence electrons. The Balaban J connectivity index is 1.95. The van der Waals surface area contributed by atoms with E-state index in [0.29, 0.717) is 0 Å². The molecule has 0 atom stereocenters. The number of fused-ring (bicyclic) bond motifs is 6. The van der Waals surface area contributed by atoms with Crippen LogP contribution in [0.1, 0.15) is 11.1 Å². The average molecular weight is 322 g/mol. The van der Waals surface area contributed by atoms with Crippen LogP contribution in [0, 0.1) is 13.8 Å². The van der Waals surface area contributed by atoms with E-state index in [-0.39, 0.29) is 0 Å². The van der Waals surface area contributed by atoms with Crippen molar-refractivity contribution in [3.63, 3.8) is 0 Å². The smallest absolute Gasteiger partial charge is 0.0747 e. The third kappa shape index (κ3) is 2.01. The minimum absolute atomic E-state index is 1.15. The molecular weight excluding hydrogens is 304 g/mol. The standard InChI is InChI=1S/C23H18N2/c1-15-6-5-7-16(2)23(15)17-10-11-19-20(14-17)18-8-3-4-9-21(18)25-22(19)12-13-24-25/h3-14H,1-2H3. The Kier molecular flexibility index (Phi) is 2.95. The minimum Gasteiger partial charge on any atom is -0.232 e. The normalized spacial score (nSPS) is 11.6. The zero-order chi connectivity index (χ0) is 17.0. The molecule has 0 fully saturated rings. The molecule has 2 nitrogen and oxygen atoms in total. The second kappa shape index (κ2) is 5.18. The van der Waals surface area contributed by atoms with E-state index in [1.165, 1.54) is 38.4 Å². The van der Waals surface area contributed by atoms with E-state index >= 15 is 0 Å². The van der Waals surface area contributed by atoms with E-state index in [0.717, 1.165) is 11.0 Å². The fourth-order valence-electron chi connectivity index (χ4n) is 4.00. The summed E-state index contributed by atoms with van der Waals surface area (Å²) in [6.07, 6.45) is 1.88. The molecule has 5 rings (SSSR count). The molecule has 0 amide bonds. The van der Waals surface area contributed by atoms with Gasteiger partial charge in [0.05, 0.1) is 17.2 Å². The lowest BCUT2D eigenvalue weighted by Gasteiger charge is -2.13. The second-order valence-electron chi connectivity index (χ2n) is 6.67. The van der Waals surface area contributed by atoms with Crippen molar-refractivity contribution in [2.75, 3.05) is 0 Å². The van der Waals surface area contributed by atoms with Crippen LogP contribution in [-0.2, 0) is 0 Å². The SMILES string of the molecule is Cc1cccc(C)c1-c1ccc2c(c1)c1ccccc1n1nccc21. The molecule has 5 aromatic rings. The number of aryl methyl sites for hydroxylation is 2. The van der Waals surface area contributed by atoms with Crippen LogP contribution in [0.25, 0.3) is 38.3 Å². The molecule has 0 saturated heterocycles. The zero-order valence-electron chi connectivity index (χ0n) is 14.3. The summed E-state index contributed by atoms with van der Waals surface area (Å²) in [6.45, 7) is 4.37. The molecule has 0 radical (unpaired) electrons. The third-order valence-electron chi connectivity index (χ3n) is 5.13. The number of aromatic nitrogens is 2. The molecule has 0 unspecified atom stereocenters. The lowest BCUT2D eigenvalue weighted by Crippen LogP contribution is -1.93. The Labute approximate surface area is 146 Å². The first-order valence-electron chi connectivity index (χ1n) is 8.59. The molecule has 25 heavy (non-hydrogen) atoms. The molecule has 0 aliphatic carbocycles. The van der Waals surface area contributed by atoms with Crippen molar-refractivity contribution >= 4 is 27.2 Å². The van der Waals surface area contributed by atoms with Crippen LogP contribution < -0.4 is 0 Å². The molecule has 2 heterocycles. The first-order valence-corrected chi connectivity index (χ1v) is 8.59. The van der Waals surface area contributed by atoms with Gasteiger partial charge in [0.2, 0.25) is 0 Å². The summed E-state index contributed by atoms with van der Waals surface area (Å²) in [5.74, 6) is 0. The molecule has 3 aromatic carbocycles. The van der Waals surface area contributed by atoms with E-state index in [1.807, 2.05) is 10.7 Å². The van der Waals surface area contributed by atoms with E-state index in [1.54, 1.807) is 0 Å². The van der Waals surface area contributed by atoms with Gasteiger partial charge in [-0.05, 0) is 59.7 Å². The van der Waals surface area contributed by atoms with Crippen LogP contribution in [0.4, 0.5) is 0 Å². The average Bonchev–Trinajstić information content (AvgIpc) is 3.12. The fraction of sp³-hybridized carbons (Fsp3) is 0.0870. The molecule has 0 bridgehead atoms. The quantitative estimate of drug-likeness (QED) is 0.350. The van der Waals surface area contributed by atoms with Gasteiger partial charge in [0.15, 0.2) is 0 Å². The van der Waals surface area contributed by atoms with Crippen molar-refractivity contribution in [2.24, 2.45) is 0 Å². The molecule has 0 N–H and O–H groups in total. The summed E-state index contributed by atoms with van der Waals surface area (Å²) >= 11 is 0. The van der Waals surface area contributed by atoms with Gasteiger partial charge in [-0.2, -0.15) is 5.10 Å². The van der Waals surface area contributed by atoms with Crippen LogP contribution in [0.3, 0.4) is 0 Å². The highest BCUT2D eigenvalue weighted by Crippen LogP contribution is 2.34. The number of para-hydroxylation sites is 1. The zero-order valence-corrected chi connectivity index (χ0v) is 14.3. The first kappa shape index (κ1) is 14.2. The largest absolute Gasteiger partial charge is 0.232 e. The highest BCUT2D eigenvalue weighted by atomic mass is 15.2. The summed E-state index contributed by atoms with van der Waals surface area (Å²) in [5, 5.41) is 8.28. The topological polar surface area (TPSA) is 17.3 Å². The Morgan fingerprint density at radius 1 is 0.680 bits per heavy atom. The van der Waals surface area contributed by atoms with Gasteiger partial charge in [-0.3, -0.25) is 0 Å². The van der Waals surface area contributed by atoms with Gasteiger partial charge in [-0.1, -0.05) is 48.5 Å². The highest BCUT2D eigenvalue weighted by Gasteiger charge is 2.11. The molecule has 0 saturated carbocycles. The second-order valence-corrected chi connectivity index (χ2v) is 6.67. The van der Waals surface area contributed by atoms with Gasteiger partial charge < -0.3 is 0 Å². The van der Waals surface area contributed by atoms with Crippen molar-refractivity contribution < 1.29 is 0 Å². The summed E-state index contributed by atoms with van der Waals surface area (Å²) in [4.78, 5) is 0. The van der Waals surface area contributed by atoms with Crippen molar-refractivity contribution in [3.05, 3.63) is 84.1 Å². The van der Waals surface area contributed by atoms with Crippen LogP contribution in [0.2, 0.25) is 0 Å². The van der Waals surface area contributed by atoms with Gasteiger partial charge in [0.25, 0.3) is 0 Å². The number of rotatable bonds is 1. The maximum Gasteiger partial charge on any atom is 0.0747 e. The molecule has 2 aromatic heterocycles. The van der Waals surface area contributed by atoms with Gasteiger partial charge in [0, 0.05) is 10.8 Å². The maximum absolute atomic E-state index is 4.52. The Bertz CT molecular complexity index is 1240. The van der Waals surface area contributed by atoms with Crippen LogP contribution >= 0.6 is 0 Å².